The largest absolute Gasteiger partial charge is 0.384 e. The highest BCUT2D eigenvalue weighted by molar-refractivity contribution is 5.97. The molecule has 0 fully saturated rings. The number of carbonyl (C=O) groups excluding carboxylic acids is 2. The van der Waals surface area contributed by atoms with Crippen LogP contribution in [0.4, 0.5) is 5.82 Å². The predicted molar refractivity (Wildman–Crippen MR) is 142 cm³/mol. The summed E-state index contributed by atoms with van der Waals surface area (Å²) in [4.78, 5) is 32.2. The molecular weight excluding hydrogens is 454 g/mol. The second-order valence-corrected chi connectivity index (χ2v) is 8.62. The smallest absolute Gasteiger partial charge is 0.274 e. The van der Waals surface area contributed by atoms with E-state index in [-0.39, 0.29) is 24.9 Å². The Morgan fingerprint density at radius 3 is 2.58 bits per heavy atom. The summed E-state index contributed by atoms with van der Waals surface area (Å²) in [6.07, 6.45) is 4.98. The van der Waals surface area contributed by atoms with E-state index in [1.54, 1.807) is 6.20 Å². The first-order chi connectivity index (χ1) is 17.3. The van der Waals surface area contributed by atoms with Crippen molar-refractivity contribution in [3.8, 4) is 0 Å². The van der Waals surface area contributed by atoms with E-state index < -0.39 is 0 Å². The van der Waals surface area contributed by atoms with E-state index in [1.165, 1.54) is 10.5 Å². The summed E-state index contributed by atoms with van der Waals surface area (Å²) in [6.45, 7) is 8.41. The van der Waals surface area contributed by atoms with Crippen molar-refractivity contribution in [3.63, 3.8) is 0 Å². The van der Waals surface area contributed by atoms with Gasteiger partial charge in [0.15, 0.2) is 5.65 Å². The zero-order valence-corrected chi connectivity index (χ0v) is 21.4. The number of carbonyl (C=O) groups is 2. The van der Waals surface area contributed by atoms with Crippen molar-refractivity contribution in [2.45, 2.75) is 47.1 Å². The van der Waals surface area contributed by atoms with Gasteiger partial charge in [-0.3, -0.25) is 14.7 Å². The molecule has 190 valence electrons. The molecule has 0 unspecified atom stereocenters. The lowest BCUT2D eigenvalue weighted by atomic mass is 10.1. The summed E-state index contributed by atoms with van der Waals surface area (Å²) in [7, 11) is 0. The highest BCUT2D eigenvalue weighted by Gasteiger charge is 2.23. The Bertz CT molecular complexity index is 1260. The number of H-pyrrole nitrogens is 1. The van der Waals surface area contributed by atoms with Gasteiger partial charge in [0.1, 0.15) is 12.4 Å². The lowest BCUT2D eigenvalue weighted by molar-refractivity contribution is -0.131. The number of nitrogens with two attached hydrogens (primary N) is 1. The summed E-state index contributed by atoms with van der Waals surface area (Å²) < 4.78 is 0. The molecule has 1 aromatic carbocycles. The van der Waals surface area contributed by atoms with E-state index in [0.717, 1.165) is 24.0 Å². The molecule has 0 radical (unpaired) electrons. The van der Waals surface area contributed by atoms with Gasteiger partial charge in [0.2, 0.25) is 5.91 Å². The third kappa shape index (κ3) is 6.71. The number of nitrogens with one attached hydrogen (secondary N) is 3. The summed E-state index contributed by atoms with van der Waals surface area (Å²) in [5.41, 5.74) is 10.6. The molecule has 0 saturated heterocycles. The number of nitrogens with zero attached hydrogens (tertiary/aromatic N) is 3. The SMILES string of the molecule is C/C=C(/C)N(CC(=O)NCc1cnc2n[nH]c(N)c2c1)C(=O)/C(NCCc1ccccc1)=C(\C)CC. The number of benzene rings is 1. The average molecular weight is 490 g/mol. The average Bonchev–Trinajstić information content (AvgIpc) is 3.27. The summed E-state index contributed by atoms with van der Waals surface area (Å²) in [5, 5.41) is 13.6. The topological polar surface area (TPSA) is 129 Å². The molecule has 9 heteroatoms. The number of aromatic amines is 1. The fourth-order valence-electron chi connectivity index (χ4n) is 3.67. The molecule has 3 rings (SSSR count). The first kappa shape index (κ1) is 26.5. The number of amides is 2. The normalized spacial score (nSPS) is 12.3. The molecule has 0 bridgehead atoms. The third-order valence-electron chi connectivity index (χ3n) is 6.11. The first-order valence-electron chi connectivity index (χ1n) is 12.1. The van der Waals surface area contributed by atoms with Gasteiger partial charge in [0, 0.05) is 25.0 Å². The molecule has 0 aliphatic heterocycles. The Morgan fingerprint density at radius 1 is 1.14 bits per heavy atom. The predicted octanol–water partition coefficient (Wildman–Crippen LogP) is 3.42. The van der Waals surface area contributed by atoms with Crippen LogP contribution in [0.25, 0.3) is 11.0 Å². The minimum absolute atomic E-state index is 0.0978. The summed E-state index contributed by atoms with van der Waals surface area (Å²) >= 11 is 0. The van der Waals surface area contributed by atoms with Crippen molar-refractivity contribution in [2.24, 2.45) is 0 Å². The van der Waals surface area contributed by atoms with E-state index >= 15 is 0 Å². The molecule has 5 N–H and O–H groups in total. The molecule has 2 aromatic heterocycles. The summed E-state index contributed by atoms with van der Waals surface area (Å²) in [6, 6.07) is 12.0. The number of fused-ring (bicyclic) bond motifs is 1. The molecule has 0 spiro atoms. The maximum absolute atomic E-state index is 13.6. The van der Waals surface area contributed by atoms with Crippen molar-refractivity contribution in [2.75, 3.05) is 18.8 Å². The molecule has 0 saturated carbocycles. The van der Waals surface area contributed by atoms with Crippen LogP contribution in [0.2, 0.25) is 0 Å². The van der Waals surface area contributed by atoms with Gasteiger partial charge in [-0.2, -0.15) is 5.10 Å². The van der Waals surface area contributed by atoms with Gasteiger partial charge in [-0.25, -0.2) is 4.98 Å². The van der Waals surface area contributed by atoms with Gasteiger partial charge >= 0.3 is 0 Å². The van der Waals surface area contributed by atoms with Crippen molar-refractivity contribution >= 4 is 28.7 Å². The first-order valence-corrected chi connectivity index (χ1v) is 12.1. The van der Waals surface area contributed by atoms with Crippen LogP contribution < -0.4 is 16.4 Å². The third-order valence-corrected chi connectivity index (χ3v) is 6.11. The van der Waals surface area contributed by atoms with Gasteiger partial charge in [-0.05, 0) is 56.4 Å². The van der Waals surface area contributed by atoms with E-state index in [9.17, 15) is 9.59 Å². The van der Waals surface area contributed by atoms with Gasteiger partial charge in [0.05, 0.1) is 11.1 Å². The van der Waals surface area contributed by atoms with Crippen LogP contribution >= 0.6 is 0 Å². The highest BCUT2D eigenvalue weighted by Crippen LogP contribution is 2.17. The van der Waals surface area contributed by atoms with Gasteiger partial charge in [-0.15, -0.1) is 0 Å². The Hall–Kier alpha value is -4.14. The van der Waals surface area contributed by atoms with Crippen molar-refractivity contribution in [3.05, 3.63) is 76.8 Å². The van der Waals surface area contributed by atoms with Gasteiger partial charge < -0.3 is 21.3 Å². The minimum Gasteiger partial charge on any atom is -0.384 e. The fraction of sp³-hybridized carbons (Fsp3) is 0.333. The van der Waals surface area contributed by atoms with E-state index in [2.05, 4.69) is 37.9 Å². The molecule has 2 amide bonds. The van der Waals surface area contributed by atoms with Crippen LogP contribution in [-0.4, -0.2) is 45.0 Å². The van der Waals surface area contributed by atoms with Crippen LogP contribution in [0.3, 0.4) is 0 Å². The Balaban J connectivity index is 1.67. The molecule has 2 heterocycles. The second-order valence-electron chi connectivity index (χ2n) is 8.62. The molecule has 0 aliphatic carbocycles. The standard InChI is InChI=1S/C27H35N7O2/c1-5-18(3)24(29-13-12-20-10-8-7-9-11-20)27(36)34(19(4)6-2)17-23(35)30-15-21-14-22-25(28)32-33-26(22)31-16-21/h6-11,14,16,29H,5,12-13,15,17H2,1-4H3,(H,30,35)(H3,28,31,32,33)/b19-6-,24-18-. The van der Waals surface area contributed by atoms with Crippen LogP contribution in [-0.2, 0) is 22.6 Å². The van der Waals surface area contributed by atoms with Crippen LogP contribution in [0.1, 0.15) is 45.2 Å². The van der Waals surface area contributed by atoms with E-state index in [1.807, 2.05) is 58.0 Å². The second kappa shape index (κ2) is 12.5. The molecule has 3 aromatic rings. The number of rotatable bonds is 11. The lowest BCUT2D eigenvalue weighted by Crippen LogP contribution is -2.42. The molecule has 0 atom stereocenters. The number of pyridine rings is 1. The molecule has 36 heavy (non-hydrogen) atoms. The number of anilines is 1. The maximum Gasteiger partial charge on any atom is 0.274 e. The number of nitrogen functional groups attached to an aromatic ring is 1. The number of hydrogen-bond donors (Lipinski definition) is 4. The monoisotopic (exact) mass is 489 g/mol. The lowest BCUT2D eigenvalue weighted by Gasteiger charge is -2.26. The molecule has 0 aliphatic rings. The number of hydrogen-bond acceptors (Lipinski definition) is 6. The Morgan fingerprint density at radius 2 is 1.89 bits per heavy atom. The van der Waals surface area contributed by atoms with Crippen LogP contribution in [0.5, 0.6) is 0 Å². The molecule has 9 nitrogen and oxygen atoms in total. The van der Waals surface area contributed by atoms with Crippen LogP contribution in [0, 0.1) is 0 Å². The zero-order chi connectivity index (χ0) is 26.1. The molecular formula is C27H35N7O2. The Kier molecular flexibility index (Phi) is 9.21. The van der Waals surface area contributed by atoms with Crippen molar-refractivity contribution in [1.29, 1.82) is 0 Å². The maximum atomic E-state index is 13.6. The van der Waals surface area contributed by atoms with Crippen molar-refractivity contribution < 1.29 is 9.59 Å². The highest BCUT2D eigenvalue weighted by atomic mass is 16.2. The number of allylic oxidation sites excluding steroid dienone is 3. The zero-order valence-electron chi connectivity index (χ0n) is 21.4. The minimum atomic E-state index is -0.275. The van der Waals surface area contributed by atoms with Crippen molar-refractivity contribution in [1.82, 2.24) is 30.7 Å². The van der Waals surface area contributed by atoms with Gasteiger partial charge in [-0.1, -0.05) is 43.3 Å². The Labute approximate surface area is 211 Å². The summed E-state index contributed by atoms with van der Waals surface area (Å²) in [5.74, 6) is -0.0680. The fourth-order valence-corrected chi connectivity index (χ4v) is 3.67. The van der Waals surface area contributed by atoms with E-state index in [0.29, 0.717) is 34.8 Å². The van der Waals surface area contributed by atoms with Gasteiger partial charge in [0.25, 0.3) is 5.91 Å². The quantitative estimate of drug-likeness (QED) is 0.306. The van der Waals surface area contributed by atoms with Crippen LogP contribution in [0.15, 0.2) is 65.6 Å². The number of aromatic nitrogens is 3. The van der Waals surface area contributed by atoms with E-state index in [4.69, 9.17) is 5.73 Å².